The molecule has 0 saturated carbocycles. The third kappa shape index (κ3) is 3.42. The van der Waals surface area contributed by atoms with Gasteiger partial charge in [0.2, 0.25) is 0 Å². The first kappa shape index (κ1) is 16.3. The van der Waals surface area contributed by atoms with E-state index >= 15 is 0 Å². The molecule has 2 aromatic carbocycles. The van der Waals surface area contributed by atoms with Crippen LogP contribution in [-0.4, -0.2) is 38.9 Å². The first-order chi connectivity index (χ1) is 12.7. The second-order valence-corrected chi connectivity index (χ2v) is 6.13. The number of nitrogens with zero attached hydrogens (tertiary/aromatic N) is 4. The van der Waals surface area contributed by atoms with Gasteiger partial charge in [0.15, 0.2) is 0 Å². The number of rotatable bonds is 4. The third-order valence-corrected chi connectivity index (χ3v) is 4.34. The Bertz CT molecular complexity index is 896. The molecule has 2 heterocycles. The number of aromatic nitrogens is 3. The van der Waals surface area contributed by atoms with Crippen molar-refractivity contribution in [1.82, 2.24) is 19.9 Å². The van der Waals surface area contributed by atoms with Gasteiger partial charge < -0.3 is 9.64 Å². The zero-order chi connectivity index (χ0) is 17.9. The topological polar surface area (TPSA) is 60.2 Å². The molecule has 4 rings (SSSR count). The van der Waals surface area contributed by atoms with E-state index in [9.17, 15) is 9.18 Å². The second-order valence-electron chi connectivity index (χ2n) is 6.13. The lowest BCUT2D eigenvalue weighted by Gasteiger charge is -2.17. The molecule has 0 spiro atoms. The Balaban J connectivity index is 1.46. The molecule has 0 aliphatic carbocycles. The molecular formula is C19H17FN4O2. The van der Waals surface area contributed by atoms with Gasteiger partial charge in [0.1, 0.15) is 17.3 Å². The van der Waals surface area contributed by atoms with Crippen LogP contribution in [0.1, 0.15) is 22.8 Å². The molecule has 6 nitrogen and oxygen atoms in total. The molecular weight excluding hydrogens is 335 g/mol. The summed E-state index contributed by atoms with van der Waals surface area (Å²) in [7, 11) is 0. The van der Waals surface area contributed by atoms with Gasteiger partial charge in [-0.15, -0.1) is 0 Å². The molecule has 0 N–H and O–H groups in total. The lowest BCUT2D eigenvalue weighted by molar-refractivity contribution is 0.0786. The smallest absolute Gasteiger partial charge is 0.254 e. The van der Waals surface area contributed by atoms with E-state index in [1.54, 1.807) is 58.5 Å². The lowest BCUT2D eigenvalue weighted by Crippen LogP contribution is -2.29. The van der Waals surface area contributed by atoms with Crippen LogP contribution in [0.15, 0.2) is 60.9 Å². The van der Waals surface area contributed by atoms with Gasteiger partial charge in [0.05, 0.1) is 18.4 Å². The minimum Gasteiger partial charge on any atom is -0.457 e. The highest BCUT2D eigenvalue weighted by Gasteiger charge is 2.29. The Morgan fingerprint density at radius 1 is 1.08 bits per heavy atom. The van der Waals surface area contributed by atoms with E-state index in [0.29, 0.717) is 30.2 Å². The molecule has 1 aliphatic heterocycles. The Hall–Kier alpha value is -3.22. The van der Waals surface area contributed by atoms with Gasteiger partial charge in [-0.25, -0.2) is 4.39 Å². The maximum absolute atomic E-state index is 13.0. The van der Waals surface area contributed by atoms with E-state index in [1.807, 2.05) is 0 Å². The summed E-state index contributed by atoms with van der Waals surface area (Å²) in [5.74, 6) is 0.676. The van der Waals surface area contributed by atoms with Crippen molar-refractivity contribution in [2.24, 2.45) is 0 Å². The molecule has 26 heavy (non-hydrogen) atoms. The van der Waals surface area contributed by atoms with Gasteiger partial charge in [-0.3, -0.25) is 4.79 Å². The monoisotopic (exact) mass is 352 g/mol. The van der Waals surface area contributed by atoms with E-state index in [2.05, 4.69) is 10.2 Å². The molecule has 0 radical (unpaired) electrons. The summed E-state index contributed by atoms with van der Waals surface area (Å²) in [5.41, 5.74) is 0.554. The molecule has 1 unspecified atom stereocenters. The maximum Gasteiger partial charge on any atom is 0.254 e. The molecule has 1 aromatic heterocycles. The third-order valence-electron chi connectivity index (χ3n) is 4.34. The minimum atomic E-state index is -0.323. The Morgan fingerprint density at radius 2 is 1.85 bits per heavy atom. The number of carbonyl (C=O) groups is 1. The summed E-state index contributed by atoms with van der Waals surface area (Å²) in [4.78, 5) is 16.2. The number of halogens is 1. The summed E-state index contributed by atoms with van der Waals surface area (Å²) in [5, 5.41) is 8.31. The quantitative estimate of drug-likeness (QED) is 0.723. The molecule has 132 valence electrons. The average molecular weight is 352 g/mol. The van der Waals surface area contributed by atoms with Gasteiger partial charge in [-0.1, -0.05) is 6.07 Å². The normalized spacial score (nSPS) is 16.7. The largest absolute Gasteiger partial charge is 0.457 e. The SMILES string of the molecule is O=C(c1cccc(Oc2ccc(F)cc2)c1)N1CCC(n2nccn2)C1. The number of likely N-dealkylation sites (tertiary alicyclic amines) is 1. The number of hydrogen-bond donors (Lipinski definition) is 0. The van der Waals surface area contributed by atoms with Crippen molar-refractivity contribution in [1.29, 1.82) is 0 Å². The number of ether oxygens (including phenoxy) is 1. The zero-order valence-corrected chi connectivity index (χ0v) is 14.0. The predicted molar refractivity (Wildman–Crippen MR) is 92.5 cm³/mol. The molecule has 1 atom stereocenters. The molecule has 1 saturated heterocycles. The van der Waals surface area contributed by atoms with Crippen LogP contribution in [0.4, 0.5) is 4.39 Å². The summed E-state index contributed by atoms with van der Waals surface area (Å²) in [6.07, 6.45) is 4.10. The van der Waals surface area contributed by atoms with Crippen molar-refractivity contribution < 1.29 is 13.9 Å². The van der Waals surface area contributed by atoms with E-state index in [4.69, 9.17) is 4.74 Å². The van der Waals surface area contributed by atoms with Gasteiger partial charge in [-0.2, -0.15) is 15.0 Å². The van der Waals surface area contributed by atoms with Gasteiger partial charge in [0.25, 0.3) is 5.91 Å². The maximum atomic E-state index is 13.0. The van der Waals surface area contributed by atoms with Crippen LogP contribution in [0.5, 0.6) is 11.5 Å². The van der Waals surface area contributed by atoms with Crippen molar-refractivity contribution in [3.05, 3.63) is 72.3 Å². The number of hydrogen-bond acceptors (Lipinski definition) is 4. The van der Waals surface area contributed by atoms with E-state index < -0.39 is 0 Å². The van der Waals surface area contributed by atoms with Crippen LogP contribution in [0.2, 0.25) is 0 Å². The fourth-order valence-corrected chi connectivity index (χ4v) is 3.04. The van der Waals surface area contributed by atoms with Crippen LogP contribution in [0, 0.1) is 5.82 Å². The minimum absolute atomic E-state index is 0.0517. The summed E-state index contributed by atoms with van der Waals surface area (Å²) >= 11 is 0. The van der Waals surface area contributed by atoms with Gasteiger partial charge in [-0.05, 0) is 48.9 Å². The number of carbonyl (C=O) groups excluding carboxylic acids is 1. The molecule has 1 fully saturated rings. The lowest BCUT2D eigenvalue weighted by atomic mass is 10.2. The molecule has 0 bridgehead atoms. The van der Waals surface area contributed by atoms with Crippen molar-refractivity contribution in [2.45, 2.75) is 12.5 Å². The van der Waals surface area contributed by atoms with E-state index in [-0.39, 0.29) is 17.8 Å². The van der Waals surface area contributed by atoms with Gasteiger partial charge >= 0.3 is 0 Å². The highest BCUT2D eigenvalue weighted by molar-refractivity contribution is 5.94. The van der Waals surface area contributed by atoms with E-state index in [1.165, 1.54) is 12.1 Å². The van der Waals surface area contributed by atoms with Crippen molar-refractivity contribution in [3.8, 4) is 11.5 Å². The number of benzene rings is 2. The van der Waals surface area contributed by atoms with Crippen LogP contribution in [0.3, 0.4) is 0 Å². The van der Waals surface area contributed by atoms with Crippen LogP contribution in [-0.2, 0) is 0 Å². The molecule has 1 amide bonds. The fraction of sp³-hybridized carbons (Fsp3) is 0.211. The first-order valence-corrected chi connectivity index (χ1v) is 8.37. The first-order valence-electron chi connectivity index (χ1n) is 8.37. The Morgan fingerprint density at radius 3 is 2.62 bits per heavy atom. The summed E-state index contributed by atoms with van der Waals surface area (Å²) in [6, 6.07) is 12.9. The highest BCUT2D eigenvalue weighted by Crippen LogP contribution is 2.25. The molecule has 1 aliphatic rings. The molecule has 7 heteroatoms. The van der Waals surface area contributed by atoms with Gasteiger partial charge in [0, 0.05) is 18.7 Å². The Labute approximate surface area is 149 Å². The molecule has 3 aromatic rings. The Kier molecular flexibility index (Phi) is 4.35. The van der Waals surface area contributed by atoms with Crippen LogP contribution in [0.25, 0.3) is 0 Å². The average Bonchev–Trinajstić information content (AvgIpc) is 3.35. The second kappa shape index (κ2) is 6.95. The summed E-state index contributed by atoms with van der Waals surface area (Å²) in [6.45, 7) is 1.24. The zero-order valence-electron chi connectivity index (χ0n) is 14.0. The van der Waals surface area contributed by atoms with Crippen molar-refractivity contribution in [3.63, 3.8) is 0 Å². The standard InChI is InChI=1S/C19H17FN4O2/c20-15-4-6-17(7-5-15)26-18-3-1-2-14(12-18)19(25)23-11-8-16(13-23)24-21-9-10-22-24/h1-7,9-10,12,16H,8,11,13H2. The van der Waals surface area contributed by atoms with E-state index in [0.717, 1.165) is 6.42 Å². The fourth-order valence-electron chi connectivity index (χ4n) is 3.04. The number of amides is 1. The van der Waals surface area contributed by atoms with Crippen molar-refractivity contribution >= 4 is 5.91 Å². The van der Waals surface area contributed by atoms with Crippen molar-refractivity contribution in [2.75, 3.05) is 13.1 Å². The summed E-state index contributed by atoms with van der Waals surface area (Å²) < 4.78 is 18.7. The van der Waals surface area contributed by atoms with Crippen LogP contribution < -0.4 is 4.74 Å². The highest BCUT2D eigenvalue weighted by atomic mass is 19.1. The predicted octanol–water partition coefficient (Wildman–Crippen LogP) is 3.30. The van der Waals surface area contributed by atoms with Crippen LogP contribution >= 0.6 is 0 Å².